The van der Waals surface area contributed by atoms with Crippen LogP contribution in [0.15, 0.2) is 59.5 Å². The topological polar surface area (TPSA) is 59.4 Å². The molecule has 0 aliphatic carbocycles. The van der Waals surface area contributed by atoms with E-state index in [1.807, 2.05) is 73.0 Å². The van der Waals surface area contributed by atoms with Gasteiger partial charge in [0.15, 0.2) is 6.29 Å². The van der Waals surface area contributed by atoms with Crippen molar-refractivity contribution in [2.45, 2.75) is 20.4 Å². The number of nitrogens with zero attached hydrogens (tertiary/aromatic N) is 2. The third-order valence-corrected chi connectivity index (χ3v) is 6.90. The van der Waals surface area contributed by atoms with Crippen LogP contribution in [0.2, 0.25) is 0 Å². The first-order valence-corrected chi connectivity index (χ1v) is 11.5. The van der Waals surface area contributed by atoms with Crippen LogP contribution in [0.3, 0.4) is 0 Å². The Hall–Kier alpha value is -2.65. The van der Waals surface area contributed by atoms with Gasteiger partial charge in [-0.25, -0.2) is 0 Å². The minimum atomic E-state index is -0.338. The molecule has 0 atom stereocenters. The summed E-state index contributed by atoms with van der Waals surface area (Å²) >= 11 is 3.16. The number of carbonyl (C=O) groups excluding carboxylic acids is 3. The number of hydrogen-bond acceptors (Lipinski definition) is 4. The van der Waals surface area contributed by atoms with Gasteiger partial charge in [0.25, 0.3) is 11.1 Å². The largest absolute Gasteiger partial charge is 0.317 e. The standard InChI is InChI=1S/C24H19IN2O3S/c1-15-20(21(14-28)16(2)27(15)19-10-8-18(25)9-11-19)12-22-23(29)26(24(30)31-22)13-17-6-4-3-5-7-17/h3-12,14H,13H2,1-2H3/b22-12-. The zero-order chi connectivity index (χ0) is 22.1. The molecule has 5 nitrogen and oxygen atoms in total. The van der Waals surface area contributed by atoms with Crippen LogP contribution in [-0.4, -0.2) is 26.9 Å². The first kappa shape index (κ1) is 21.6. The quantitative estimate of drug-likeness (QED) is 0.234. The first-order chi connectivity index (χ1) is 14.9. The molecule has 0 spiro atoms. The van der Waals surface area contributed by atoms with Crippen molar-refractivity contribution in [1.29, 1.82) is 0 Å². The number of aldehydes is 1. The van der Waals surface area contributed by atoms with E-state index in [-0.39, 0.29) is 17.7 Å². The van der Waals surface area contributed by atoms with Crippen molar-refractivity contribution in [2.24, 2.45) is 0 Å². The highest BCUT2D eigenvalue weighted by Gasteiger charge is 2.35. The van der Waals surface area contributed by atoms with Crippen LogP contribution in [-0.2, 0) is 11.3 Å². The zero-order valence-electron chi connectivity index (χ0n) is 17.0. The molecule has 1 saturated heterocycles. The van der Waals surface area contributed by atoms with Gasteiger partial charge < -0.3 is 4.57 Å². The number of imide groups is 1. The lowest BCUT2D eigenvalue weighted by Gasteiger charge is -2.12. The molecule has 0 saturated carbocycles. The Balaban J connectivity index is 1.72. The van der Waals surface area contributed by atoms with Crippen LogP contribution in [0.4, 0.5) is 4.79 Å². The number of benzene rings is 2. The summed E-state index contributed by atoms with van der Waals surface area (Å²) in [5, 5.41) is -0.306. The lowest BCUT2D eigenvalue weighted by molar-refractivity contribution is -0.123. The second-order valence-electron chi connectivity index (χ2n) is 7.18. The highest BCUT2D eigenvalue weighted by Crippen LogP contribution is 2.36. The molecule has 1 fully saturated rings. The molecule has 2 aromatic carbocycles. The van der Waals surface area contributed by atoms with E-state index in [4.69, 9.17) is 0 Å². The molecule has 1 aromatic heterocycles. The number of halogens is 1. The summed E-state index contributed by atoms with van der Waals surface area (Å²) in [5.41, 5.74) is 4.65. The second kappa shape index (κ2) is 8.84. The van der Waals surface area contributed by atoms with E-state index in [9.17, 15) is 14.4 Å². The molecule has 2 heterocycles. The summed E-state index contributed by atoms with van der Waals surface area (Å²) in [4.78, 5) is 38.9. The molecule has 2 amide bonds. The number of hydrogen-bond donors (Lipinski definition) is 0. The molecule has 0 bridgehead atoms. The lowest BCUT2D eigenvalue weighted by Crippen LogP contribution is -2.27. The molecular weight excluding hydrogens is 523 g/mol. The maximum atomic E-state index is 13.0. The van der Waals surface area contributed by atoms with Gasteiger partial charge in [0.1, 0.15) is 0 Å². The average Bonchev–Trinajstić information content (AvgIpc) is 3.16. The molecule has 1 aliphatic heterocycles. The van der Waals surface area contributed by atoms with Crippen molar-refractivity contribution in [2.75, 3.05) is 0 Å². The molecule has 31 heavy (non-hydrogen) atoms. The van der Waals surface area contributed by atoms with Crippen molar-refractivity contribution >= 4 is 57.9 Å². The summed E-state index contributed by atoms with van der Waals surface area (Å²) in [5.74, 6) is -0.338. The monoisotopic (exact) mass is 542 g/mol. The predicted octanol–water partition coefficient (Wildman–Crippen LogP) is 5.75. The van der Waals surface area contributed by atoms with Gasteiger partial charge in [0, 0.05) is 31.8 Å². The lowest BCUT2D eigenvalue weighted by atomic mass is 10.1. The smallest absolute Gasteiger partial charge is 0.293 e. The van der Waals surface area contributed by atoms with Crippen LogP contribution >= 0.6 is 34.4 Å². The molecule has 0 N–H and O–H groups in total. The van der Waals surface area contributed by atoms with Gasteiger partial charge in [-0.15, -0.1) is 0 Å². The SMILES string of the molecule is Cc1c(C=O)c(/C=C2\SC(=O)N(Cc3ccccc3)C2=O)c(C)n1-c1ccc(I)cc1. The van der Waals surface area contributed by atoms with Gasteiger partial charge in [-0.1, -0.05) is 30.3 Å². The molecule has 7 heteroatoms. The molecule has 4 rings (SSSR count). The van der Waals surface area contributed by atoms with E-state index >= 15 is 0 Å². The van der Waals surface area contributed by atoms with Gasteiger partial charge in [-0.3, -0.25) is 19.3 Å². The minimum Gasteiger partial charge on any atom is -0.317 e. The summed E-state index contributed by atoms with van der Waals surface area (Å²) in [7, 11) is 0. The molecule has 0 radical (unpaired) electrons. The van der Waals surface area contributed by atoms with Crippen molar-refractivity contribution in [3.8, 4) is 5.69 Å². The van der Waals surface area contributed by atoms with Crippen LogP contribution in [0.1, 0.15) is 32.9 Å². The van der Waals surface area contributed by atoms with Crippen LogP contribution in [0, 0.1) is 17.4 Å². The van der Waals surface area contributed by atoms with Gasteiger partial charge in [-0.2, -0.15) is 0 Å². The van der Waals surface area contributed by atoms with Gasteiger partial charge in [0.2, 0.25) is 0 Å². The van der Waals surface area contributed by atoms with E-state index < -0.39 is 0 Å². The molecule has 3 aromatic rings. The average molecular weight is 542 g/mol. The molecule has 1 aliphatic rings. The van der Waals surface area contributed by atoms with Crippen molar-refractivity contribution in [3.05, 3.63) is 91.2 Å². The van der Waals surface area contributed by atoms with Gasteiger partial charge >= 0.3 is 0 Å². The zero-order valence-corrected chi connectivity index (χ0v) is 19.9. The number of aromatic nitrogens is 1. The Bertz CT molecular complexity index is 1210. The van der Waals surface area contributed by atoms with E-state index in [1.165, 1.54) is 4.90 Å². The van der Waals surface area contributed by atoms with Crippen molar-refractivity contribution in [3.63, 3.8) is 0 Å². The summed E-state index contributed by atoms with van der Waals surface area (Å²) in [6.45, 7) is 4.02. The number of carbonyl (C=O) groups is 3. The Labute approximate surface area is 198 Å². The fourth-order valence-electron chi connectivity index (χ4n) is 3.72. The summed E-state index contributed by atoms with van der Waals surface area (Å²) < 4.78 is 3.12. The summed E-state index contributed by atoms with van der Waals surface area (Å²) in [6.07, 6.45) is 2.48. The third kappa shape index (κ3) is 4.12. The molecule has 156 valence electrons. The van der Waals surface area contributed by atoms with Crippen LogP contribution in [0.25, 0.3) is 11.8 Å². The molecular formula is C24H19IN2O3S. The highest BCUT2D eigenvalue weighted by molar-refractivity contribution is 14.1. The number of amides is 2. The Kier molecular flexibility index (Phi) is 6.15. The minimum absolute atomic E-state index is 0.227. The van der Waals surface area contributed by atoms with Crippen LogP contribution < -0.4 is 0 Å². The maximum Gasteiger partial charge on any atom is 0.293 e. The van der Waals surface area contributed by atoms with E-state index in [0.29, 0.717) is 16.0 Å². The van der Waals surface area contributed by atoms with Gasteiger partial charge in [0.05, 0.1) is 11.4 Å². The van der Waals surface area contributed by atoms with E-state index in [2.05, 4.69) is 22.6 Å². The fraction of sp³-hybridized carbons (Fsp3) is 0.125. The third-order valence-electron chi connectivity index (χ3n) is 5.28. The Morgan fingerprint density at radius 2 is 1.58 bits per heavy atom. The Morgan fingerprint density at radius 1 is 0.935 bits per heavy atom. The second-order valence-corrected chi connectivity index (χ2v) is 9.42. The van der Waals surface area contributed by atoms with Gasteiger partial charge in [-0.05, 0) is 84.1 Å². The van der Waals surface area contributed by atoms with Crippen molar-refractivity contribution < 1.29 is 14.4 Å². The van der Waals surface area contributed by atoms with E-state index in [1.54, 1.807) is 6.08 Å². The highest BCUT2D eigenvalue weighted by atomic mass is 127. The number of thioether (sulfide) groups is 1. The normalized spacial score (nSPS) is 15.2. The van der Waals surface area contributed by atoms with Crippen molar-refractivity contribution in [1.82, 2.24) is 9.47 Å². The predicted molar refractivity (Wildman–Crippen MR) is 131 cm³/mol. The first-order valence-electron chi connectivity index (χ1n) is 9.63. The maximum absolute atomic E-state index is 13.0. The molecule has 0 unspecified atom stereocenters. The number of rotatable bonds is 5. The fourth-order valence-corrected chi connectivity index (χ4v) is 4.90. The summed E-state index contributed by atoms with van der Waals surface area (Å²) in [6, 6.07) is 17.4. The van der Waals surface area contributed by atoms with E-state index in [0.717, 1.165) is 44.3 Å². The van der Waals surface area contributed by atoms with Crippen LogP contribution in [0.5, 0.6) is 0 Å². The Morgan fingerprint density at radius 3 is 2.23 bits per heavy atom.